The van der Waals surface area contributed by atoms with E-state index in [1.54, 1.807) is 0 Å². The van der Waals surface area contributed by atoms with Crippen LogP contribution in [0.15, 0.2) is 42.5 Å². The van der Waals surface area contributed by atoms with Crippen molar-refractivity contribution in [3.05, 3.63) is 65.2 Å². The Morgan fingerprint density at radius 3 is 2.33 bits per heavy atom. The monoisotopic (exact) mass is 292 g/mol. The van der Waals surface area contributed by atoms with E-state index in [0.717, 1.165) is 0 Å². The molecular weight excluding hydrogens is 278 g/mol. The fourth-order valence-corrected chi connectivity index (χ4v) is 2.17. The Kier molecular flexibility index (Phi) is 4.52. The van der Waals surface area contributed by atoms with Gasteiger partial charge in [-0.1, -0.05) is 12.1 Å². The summed E-state index contributed by atoms with van der Waals surface area (Å²) in [4.78, 5) is 11.4. The minimum Gasteiger partial charge on any atom is -0.496 e. The maximum Gasteiger partial charge on any atom is 0.311 e. The molecule has 5 heteroatoms. The molecule has 1 unspecified atom stereocenters. The number of benzene rings is 2. The number of hydrogen-bond acceptors (Lipinski definition) is 2. The molecule has 110 valence electrons. The molecule has 0 amide bonds. The molecule has 0 heterocycles. The number of carboxylic acids is 1. The average Bonchev–Trinajstić information content (AvgIpc) is 2.46. The van der Waals surface area contributed by atoms with E-state index in [1.807, 2.05) is 0 Å². The van der Waals surface area contributed by atoms with Crippen molar-refractivity contribution in [2.75, 3.05) is 7.11 Å². The molecule has 0 fully saturated rings. The second-order valence-corrected chi connectivity index (χ2v) is 4.60. The SMILES string of the molecule is COc1ccc(F)cc1CC(C(=O)O)c1ccc(F)cc1. The summed E-state index contributed by atoms with van der Waals surface area (Å²) in [7, 11) is 1.43. The molecule has 1 atom stereocenters. The van der Waals surface area contributed by atoms with Gasteiger partial charge in [0.05, 0.1) is 13.0 Å². The Morgan fingerprint density at radius 1 is 1.14 bits per heavy atom. The van der Waals surface area contributed by atoms with Crippen molar-refractivity contribution < 1.29 is 23.4 Å². The molecule has 0 aromatic heterocycles. The second kappa shape index (κ2) is 6.35. The van der Waals surface area contributed by atoms with Crippen LogP contribution < -0.4 is 4.74 Å². The van der Waals surface area contributed by atoms with E-state index in [-0.39, 0.29) is 6.42 Å². The van der Waals surface area contributed by atoms with Crippen molar-refractivity contribution in [3.8, 4) is 5.75 Å². The molecule has 2 aromatic rings. The Bertz CT molecular complexity index is 638. The van der Waals surface area contributed by atoms with Gasteiger partial charge in [0.25, 0.3) is 0 Å². The van der Waals surface area contributed by atoms with Crippen LogP contribution in [0.3, 0.4) is 0 Å². The lowest BCUT2D eigenvalue weighted by atomic mass is 9.91. The van der Waals surface area contributed by atoms with Crippen LogP contribution >= 0.6 is 0 Å². The lowest BCUT2D eigenvalue weighted by Crippen LogP contribution is -2.15. The fraction of sp³-hybridized carbons (Fsp3) is 0.188. The predicted octanol–water partition coefficient (Wildman–Crippen LogP) is 3.38. The lowest BCUT2D eigenvalue weighted by Gasteiger charge is -2.15. The van der Waals surface area contributed by atoms with E-state index >= 15 is 0 Å². The maximum absolute atomic E-state index is 13.3. The van der Waals surface area contributed by atoms with E-state index in [4.69, 9.17) is 4.74 Å². The molecule has 0 bridgehead atoms. The predicted molar refractivity (Wildman–Crippen MR) is 73.4 cm³/mol. The number of carboxylic acid groups (broad SMARTS) is 1. The first-order valence-electron chi connectivity index (χ1n) is 6.32. The summed E-state index contributed by atoms with van der Waals surface area (Å²) in [6, 6.07) is 9.19. The van der Waals surface area contributed by atoms with Gasteiger partial charge in [-0.25, -0.2) is 8.78 Å². The van der Waals surface area contributed by atoms with Gasteiger partial charge >= 0.3 is 5.97 Å². The third-order valence-corrected chi connectivity index (χ3v) is 3.24. The first-order chi connectivity index (χ1) is 10.0. The summed E-state index contributed by atoms with van der Waals surface area (Å²) in [5.41, 5.74) is 0.907. The molecule has 2 rings (SSSR count). The van der Waals surface area contributed by atoms with Gasteiger partial charge in [0.15, 0.2) is 0 Å². The van der Waals surface area contributed by atoms with Crippen LogP contribution in [0, 0.1) is 11.6 Å². The number of hydrogen-bond donors (Lipinski definition) is 1. The van der Waals surface area contributed by atoms with Gasteiger partial charge in [-0.15, -0.1) is 0 Å². The van der Waals surface area contributed by atoms with Crippen LogP contribution in [0.5, 0.6) is 5.75 Å². The topological polar surface area (TPSA) is 46.5 Å². The molecule has 0 aliphatic heterocycles. The summed E-state index contributed by atoms with van der Waals surface area (Å²) >= 11 is 0. The van der Waals surface area contributed by atoms with Crippen molar-refractivity contribution in [2.24, 2.45) is 0 Å². The number of carbonyl (C=O) groups is 1. The summed E-state index contributed by atoms with van der Waals surface area (Å²) in [6.45, 7) is 0. The molecule has 2 aromatic carbocycles. The Labute approximate surface area is 120 Å². The number of methoxy groups -OCH3 is 1. The summed E-state index contributed by atoms with van der Waals surface area (Å²) in [5, 5.41) is 9.36. The van der Waals surface area contributed by atoms with Crippen molar-refractivity contribution in [2.45, 2.75) is 12.3 Å². The number of aliphatic carboxylic acids is 1. The number of ether oxygens (including phenoxy) is 1. The van der Waals surface area contributed by atoms with Crippen LogP contribution in [0.4, 0.5) is 8.78 Å². The van der Waals surface area contributed by atoms with Gasteiger partial charge < -0.3 is 9.84 Å². The standard InChI is InChI=1S/C16H14F2O3/c1-21-15-7-6-13(18)8-11(15)9-14(16(19)20)10-2-4-12(17)5-3-10/h2-8,14H,9H2,1H3,(H,19,20). The van der Waals surface area contributed by atoms with E-state index in [9.17, 15) is 18.7 Å². The molecule has 0 radical (unpaired) electrons. The number of halogens is 2. The smallest absolute Gasteiger partial charge is 0.311 e. The molecule has 21 heavy (non-hydrogen) atoms. The normalized spacial score (nSPS) is 12.0. The summed E-state index contributed by atoms with van der Waals surface area (Å²) < 4.78 is 31.4. The minimum absolute atomic E-state index is 0.0574. The van der Waals surface area contributed by atoms with E-state index in [2.05, 4.69) is 0 Å². The van der Waals surface area contributed by atoms with Gasteiger partial charge in [0, 0.05) is 0 Å². The highest BCUT2D eigenvalue weighted by Gasteiger charge is 2.22. The van der Waals surface area contributed by atoms with Crippen LogP contribution in [-0.4, -0.2) is 18.2 Å². The molecule has 1 N–H and O–H groups in total. The van der Waals surface area contributed by atoms with Gasteiger partial charge in [-0.2, -0.15) is 0 Å². The van der Waals surface area contributed by atoms with Gasteiger partial charge in [0.2, 0.25) is 0 Å². The largest absolute Gasteiger partial charge is 0.496 e. The zero-order valence-electron chi connectivity index (χ0n) is 11.3. The molecule has 0 saturated heterocycles. The maximum atomic E-state index is 13.3. The quantitative estimate of drug-likeness (QED) is 0.919. The average molecular weight is 292 g/mol. The van der Waals surface area contributed by atoms with E-state index in [0.29, 0.717) is 16.9 Å². The highest BCUT2D eigenvalue weighted by Crippen LogP contribution is 2.27. The molecule has 0 aliphatic carbocycles. The van der Waals surface area contributed by atoms with Crippen molar-refractivity contribution in [1.29, 1.82) is 0 Å². The highest BCUT2D eigenvalue weighted by atomic mass is 19.1. The third-order valence-electron chi connectivity index (χ3n) is 3.24. The van der Waals surface area contributed by atoms with Gasteiger partial charge in [-0.3, -0.25) is 4.79 Å². The first-order valence-corrected chi connectivity index (χ1v) is 6.32. The summed E-state index contributed by atoms with van der Waals surface area (Å²) in [6.07, 6.45) is 0.0574. The zero-order chi connectivity index (χ0) is 15.4. The van der Waals surface area contributed by atoms with Crippen LogP contribution in [-0.2, 0) is 11.2 Å². The van der Waals surface area contributed by atoms with E-state index in [1.165, 1.54) is 49.6 Å². The zero-order valence-corrected chi connectivity index (χ0v) is 11.3. The first kappa shape index (κ1) is 15.0. The lowest BCUT2D eigenvalue weighted by molar-refractivity contribution is -0.138. The summed E-state index contributed by atoms with van der Waals surface area (Å²) in [5.74, 6) is -2.45. The Hall–Kier alpha value is -2.43. The fourth-order valence-electron chi connectivity index (χ4n) is 2.17. The molecule has 3 nitrogen and oxygen atoms in total. The minimum atomic E-state index is -1.06. The Morgan fingerprint density at radius 2 is 1.76 bits per heavy atom. The van der Waals surface area contributed by atoms with Crippen LogP contribution in [0.25, 0.3) is 0 Å². The van der Waals surface area contributed by atoms with Gasteiger partial charge in [-0.05, 0) is 47.9 Å². The molecule has 0 saturated carbocycles. The van der Waals surface area contributed by atoms with Crippen LogP contribution in [0.1, 0.15) is 17.0 Å². The molecular formula is C16H14F2O3. The van der Waals surface area contributed by atoms with Crippen molar-refractivity contribution in [1.82, 2.24) is 0 Å². The van der Waals surface area contributed by atoms with E-state index < -0.39 is 23.5 Å². The number of rotatable bonds is 5. The Balaban J connectivity index is 2.35. The van der Waals surface area contributed by atoms with Crippen LogP contribution in [0.2, 0.25) is 0 Å². The molecule has 0 aliphatic rings. The van der Waals surface area contributed by atoms with Gasteiger partial charge in [0.1, 0.15) is 17.4 Å². The second-order valence-electron chi connectivity index (χ2n) is 4.60. The third kappa shape index (κ3) is 3.56. The van der Waals surface area contributed by atoms with Crippen molar-refractivity contribution in [3.63, 3.8) is 0 Å². The molecule has 0 spiro atoms. The highest BCUT2D eigenvalue weighted by molar-refractivity contribution is 5.76. The van der Waals surface area contributed by atoms with Crippen molar-refractivity contribution >= 4 is 5.97 Å².